The van der Waals surface area contributed by atoms with Crippen molar-refractivity contribution in [3.8, 4) is 0 Å². The molecule has 0 aliphatic heterocycles. The molecule has 0 radical (unpaired) electrons. The summed E-state index contributed by atoms with van der Waals surface area (Å²) < 4.78 is 1.90. The van der Waals surface area contributed by atoms with Crippen LogP contribution in [0.1, 0.15) is 31.3 Å². The summed E-state index contributed by atoms with van der Waals surface area (Å²) in [7, 11) is 0. The molecule has 1 aromatic carbocycles. The molecule has 1 atom stereocenters. The fourth-order valence-corrected chi connectivity index (χ4v) is 2.52. The number of hydrogen-bond acceptors (Lipinski definition) is 3. The number of rotatable bonds is 6. The fraction of sp³-hybridized carbons (Fsp3) is 0.467. The maximum atomic E-state index is 9.59. The lowest BCUT2D eigenvalue weighted by Gasteiger charge is -2.16. The third kappa shape index (κ3) is 3.81. The molecule has 0 fully saturated rings. The van der Waals surface area contributed by atoms with E-state index in [9.17, 15) is 5.11 Å². The van der Waals surface area contributed by atoms with Gasteiger partial charge in [0, 0.05) is 24.1 Å². The molecule has 0 saturated heterocycles. The molecule has 0 aliphatic carbocycles. The molecule has 1 heterocycles. The Morgan fingerprint density at radius 1 is 1.30 bits per heavy atom. The summed E-state index contributed by atoms with van der Waals surface area (Å²) >= 11 is 5.99. The van der Waals surface area contributed by atoms with Crippen molar-refractivity contribution >= 4 is 11.6 Å². The minimum atomic E-state index is 0.121. The average Bonchev–Trinajstić information content (AvgIpc) is 2.86. The first kappa shape index (κ1) is 15.0. The number of hydrogen-bond donors (Lipinski definition) is 1. The summed E-state index contributed by atoms with van der Waals surface area (Å²) in [6.45, 7) is 4.27. The zero-order chi connectivity index (χ0) is 14.5. The van der Waals surface area contributed by atoms with E-state index in [-0.39, 0.29) is 18.6 Å². The van der Waals surface area contributed by atoms with E-state index in [0.717, 1.165) is 22.8 Å². The summed E-state index contributed by atoms with van der Waals surface area (Å²) in [5.74, 6) is 1.04. The fourth-order valence-electron chi connectivity index (χ4n) is 2.31. The lowest BCUT2D eigenvalue weighted by molar-refractivity contribution is 0.221. The molecular weight excluding hydrogens is 274 g/mol. The van der Waals surface area contributed by atoms with Crippen LogP contribution in [0.25, 0.3) is 0 Å². The van der Waals surface area contributed by atoms with Crippen molar-refractivity contribution < 1.29 is 5.11 Å². The Morgan fingerprint density at radius 2 is 2.10 bits per heavy atom. The van der Waals surface area contributed by atoms with Crippen LogP contribution in [-0.2, 0) is 12.8 Å². The molecule has 0 bridgehead atoms. The van der Waals surface area contributed by atoms with Crippen LogP contribution in [0.2, 0.25) is 5.02 Å². The van der Waals surface area contributed by atoms with Gasteiger partial charge in [-0.2, -0.15) is 5.10 Å². The van der Waals surface area contributed by atoms with Crippen molar-refractivity contribution in [3.63, 3.8) is 0 Å². The Kier molecular flexibility index (Phi) is 5.15. The van der Waals surface area contributed by atoms with Gasteiger partial charge < -0.3 is 5.11 Å². The zero-order valence-electron chi connectivity index (χ0n) is 11.8. The van der Waals surface area contributed by atoms with Crippen LogP contribution in [0.3, 0.4) is 0 Å². The molecule has 1 N–H and O–H groups in total. The number of halogens is 1. The first-order valence-electron chi connectivity index (χ1n) is 6.83. The van der Waals surface area contributed by atoms with Crippen LogP contribution in [0.4, 0.5) is 0 Å². The SMILES string of the molecule is CC(C)n1ncnc1CC(CO)Cc1cccc(Cl)c1. The molecule has 1 unspecified atom stereocenters. The molecule has 0 spiro atoms. The van der Waals surface area contributed by atoms with Gasteiger partial charge in [-0.3, -0.25) is 0 Å². The van der Waals surface area contributed by atoms with Crippen LogP contribution in [-0.4, -0.2) is 26.5 Å². The number of nitrogens with zero attached hydrogens (tertiary/aromatic N) is 3. The number of aliphatic hydroxyl groups is 1. The topological polar surface area (TPSA) is 50.9 Å². The van der Waals surface area contributed by atoms with Crippen LogP contribution < -0.4 is 0 Å². The van der Waals surface area contributed by atoms with Gasteiger partial charge in [-0.15, -0.1) is 0 Å². The van der Waals surface area contributed by atoms with Gasteiger partial charge in [-0.25, -0.2) is 9.67 Å². The summed E-state index contributed by atoms with van der Waals surface area (Å²) in [6.07, 6.45) is 3.06. The van der Waals surface area contributed by atoms with Crippen molar-refractivity contribution in [2.24, 2.45) is 5.92 Å². The predicted octanol–water partition coefficient (Wildman–Crippen LogP) is 2.91. The van der Waals surface area contributed by atoms with E-state index in [1.54, 1.807) is 6.33 Å². The van der Waals surface area contributed by atoms with Gasteiger partial charge in [-0.05, 0) is 43.9 Å². The van der Waals surface area contributed by atoms with Crippen molar-refractivity contribution in [2.45, 2.75) is 32.7 Å². The second-order valence-corrected chi connectivity index (χ2v) is 5.74. The predicted molar refractivity (Wildman–Crippen MR) is 79.8 cm³/mol. The van der Waals surface area contributed by atoms with Gasteiger partial charge in [-0.1, -0.05) is 23.7 Å². The third-order valence-electron chi connectivity index (χ3n) is 3.28. The summed E-state index contributed by atoms with van der Waals surface area (Å²) in [4.78, 5) is 4.30. The lowest BCUT2D eigenvalue weighted by atomic mass is 9.96. The molecule has 1 aromatic heterocycles. The van der Waals surface area contributed by atoms with Crippen molar-refractivity contribution in [1.82, 2.24) is 14.8 Å². The minimum absolute atomic E-state index is 0.121. The molecule has 4 nitrogen and oxygen atoms in total. The normalized spacial score (nSPS) is 12.8. The Labute approximate surface area is 124 Å². The lowest BCUT2D eigenvalue weighted by Crippen LogP contribution is -2.17. The van der Waals surface area contributed by atoms with Crippen molar-refractivity contribution in [3.05, 3.63) is 47.0 Å². The molecule has 0 aliphatic rings. The van der Waals surface area contributed by atoms with Gasteiger partial charge in [0.1, 0.15) is 12.2 Å². The van der Waals surface area contributed by atoms with Crippen LogP contribution in [0.5, 0.6) is 0 Å². The Bertz CT molecular complexity index is 554. The minimum Gasteiger partial charge on any atom is -0.396 e. The van der Waals surface area contributed by atoms with E-state index in [1.165, 1.54) is 0 Å². The van der Waals surface area contributed by atoms with Crippen LogP contribution >= 0.6 is 11.6 Å². The van der Waals surface area contributed by atoms with Gasteiger partial charge in [0.05, 0.1) is 0 Å². The molecular formula is C15H20ClN3O. The molecule has 2 aromatic rings. The maximum absolute atomic E-state index is 9.59. The number of aliphatic hydroxyl groups excluding tert-OH is 1. The number of aromatic nitrogens is 3. The Balaban J connectivity index is 2.07. The van der Waals surface area contributed by atoms with Crippen LogP contribution in [0.15, 0.2) is 30.6 Å². The zero-order valence-corrected chi connectivity index (χ0v) is 12.6. The van der Waals surface area contributed by atoms with E-state index in [1.807, 2.05) is 28.9 Å². The second kappa shape index (κ2) is 6.86. The van der Waals surface area contributed by atoms with E-state index in [2.05, 4.69) is 23.9 Å². The quantitative estimate of drug-likeness (QED) is 0.891. The van der Waals surface area contributed by atoms with E-state index in [0.29, 0.717) is 6.42 Å². The third-order valence-corrected chi connectivity index (χ3v) is 3.51. The smallest absolute Gasteiger partial charge is 0.138 e. The highest BCUT2D eigenvalue weighted by atomic mass is 35.5. The summed E-state index contributed by atoms with van der Waals surface area (Å²) in [5.41, 5.74) is 1.13. The first-order chi connectivity index (χ1) is 9.60. The van der Waals surface area contributed by atoms with Crippen molar-refractivity contribution in [2.75, 3.05) is 6.61 Å². The van der Waals surface area contributed by atoms with Gasteiger partial charge >= 0.3 is 0 Å². The molecule has 2 rings (SSSR count). The van der Waals surface area contributed by atoms with Crippen molar-refractivity contribution in [1.29, 1.82) is 0 Å². The first-order valence-corrected chi connectivity index (χ1v) is 7.21. The highest BCUT2D eigenvalue weighted by Crippen LogP contribution is 2.18. The van der Waals surface area contributed by atoms with Gasteiger partial charge in [0.15, 0.2) is 0 Å². The summed E-state index contributed by atoms with van der Waals surface area (Å²) in [6, 6.07) is 8.04. The van der Waals surface area contributed by atoms with Gasteiger partial charge in [0.25, 0.3) is 0 Å². The maximum Gasteiger partial charge on any atom is 0.138 e. The largest absolute Gasteiger partial charge is 0.396 e. The second-order valence-electron chi connectivity index (χ2n) is 5.30. The summed E-state index contributed by atoms with van der Waals surface area (Å²) in [5, 5.41) is 14.5. The molecule has 20 heavy (non-hydrogen) atoms. The average molecular weight is 294 g/mol. The molecule has 0 saturated carbocycles. The van der Waals surface area contributed by atoms with Crippen LogP contribution in [0, 0.1) is 5.92 Å². The van der Waals surface area contributed by atoms with E-state index in [4.69, 9.17) is 11.6 Å². The molecule has 108 valence electrons. The molecule has 5 heteroatoms. The van der Waals surface area contributed by atoms with E-state index >= 15 is 0 Å². The van der Waals surface area contributed by atoms with Gasteiger partial charge in [0.2, 0.25) is 0 Å². The van der Waals surface area contributed by atoms with E-state index < -0.39 is 0 Å². The monoisotopic (exact) mass is 293 g/mol. The molecule has 0 amide bonds. The highest BCUT2D eigenvalue weighted by Gasteiger charge is 2.15. The number of benzene rings is 1. The highest BCUT2D eigenvalue weighted by molar-refractivity contribution is 6.30. The Morgan fingerprint density at radius 3 is 2.75 bits per heavy atom. The Hall–Kier alpha value is -1.39. The standard InChI is InChI=1S/C15H20ClN3O/c1-11(2)19-15(17-10-18-19)8-13(9-20)6-12-4-3-5-14(16)7-12/h3-5,7,10-11,13,20H,6,8-9H2,1-2H3.